The smallest absolute Gasteiger partial charge is 0.293 e. The van der Waals surface area contributed by atoms with Gasteiger partial charge in [0.1, 0.15) is 5.69 Å². The van der Waals surface area contributed by atoms with Gasteiger partial charge in [0.05, 0.1) is 16.4 Å². The minimum absolute atomic E-state index is 0.113. The highest BCUT2D eigenvalue weighted by Gasteiger charge is 2.26. The fourth-order valence-corrected chi connectivity index (χ4v) is 4.08. The van der Waals surface area contributed by atoms with Crippen molar-refractivity contribution in [1.29, 1.82) is 0 Å². The third kappa shape index (κ3) is 4.43. The van der Waals surface area contributed by atoms with Crippen LogP contribution in [0.4, 0.5) is 11.4 Å². The summed E-state index contributed by atoms with van der Waals surface area (Å²) in [4.78, 5) is 12.7. The fourth-order valence-electron chi connectivity index (χ4n) is 2.84. The average Bonchev–Trinajstić information content (AvgIpc) is 2.54. The number of hydrogen-bond donors (Lipinski definition) is 1. The lowest BCUT2D eigenvalue weighted by Crippen LogP contribution is -2.35. The van der Waals surface area contributed by atoms with Crippen LogP contribution in [0, 0.1) is 10.1 Å². The minimum atomic E-state index is -3.84. The number of piperidine rings is 1. The number of anilines is 1. The van der Waals surface area contributed by atoms with Crippen LogP contribution in [0.25, 0.3) is 0 Å². The topological polar surface area (TPSA) is 102 Å². The molecule has 0 spiro atoms. The van der Waals surface area contributed by atoms with Crippen molar-refractivity contribution in [2.45, 2.75) is 37.1 Å². The van der Waals surface area contributed by atoms with Crippen LogP contribution in [0.5, 0.6) is 0 Å². The molecule has 0 saturated carbocycles. The summed E-state index contributed by atoms with van der Waals surface area (Å²) in [7, 11) is -2.36. The van der Waals surface area contributed by atoms with Crippen molar-refractivity contribution in [3.8, 4) is 0 Å². The Morgan fingerprint density at radius 3 is 2.58 bits per heavy atom. The molecule has 1 heterocycles. The van der Waals surface area contributed by atoms with Gasteiger partial charge in [-0.05, 0) is 38.3 Å². The predicted molar refractivity (Wildman–Crippen MR) is 90.8 cm³/mol. The summed E-state index contributed by atoms with van der Waals surface area (Å²) < 4.78 is 32.1. The van der Waals surface area contributed by atoms with Gasteiger partial charge in [0.2, 0.25) is 10.0 Å². The third-order valence-electron chi connectivity index (χ3n) is 3.92. The summed E-state index contributed by atoms with van der Waals surface area (Å²) in [5, 5.41) is 11.4. The van der Waals surface area contributed by atoms with Crippen molar-refractivity contribution in [2.75, 3.05) is 31.7 Å². The molecule has 1 aromatic rings. The van der Waals surface area contributed by atoms with E-state index < -0.39 is 21.0 Å². The minimum Gasteiger partial charge on any atom is -0.383 e. The van der Waals surface area contributed by atoms with Crippen molar-refractivity contribution < 1.29 is 18.1 Å². The van der Waals surface area contributed by atoms with E-state index in [4.69, 9.17) is 4.74 Å². The number of nitrogens with zero attached hydrogens (tertiary/aromatic N) is 2. The van der Waals surface area contributed by atoms with Gasteiger partial charge in [-0.15, -0.1) is 0 Å². The number of nitrogens with one attached hydrogen (secondary N) is 1. The summed E-state index contributed by atoms with van der Waals surface area (Å²) in [6.07, 6.45) is 3.07. The van der Waals surface area contributed by atoms with E-state index in [2.05, 4.69) is 4.72 Å². The Morgan fingerprint density at radius 1 is 1.33 bits per heavy atom. The van der Waals surface area contributed by atoms with Crippen LogP contribution in [0.3, 0.4) is 0 Å². The van der Waals surface area contributed by atoms with Crippen LogP contribution >= 0.6 is 0 Å². The lowest BCUT2D eigenvalue weighted by Gasteiger charge is -2.28. The summed E-state index contributed by atoms with van der Waals surface area (Å²) in [5.74, 6) is 0. The molecule has 1 aliphatic heterocycles. The van der Waals surface area contributed by atoms with Crippen LogP contribution in [-0.2, 0) is 14.8 Å². The van der Waals surface area contributed by atoms with Crippen LogP contribution < -0.4 is 9.62 Å². The molecule has 1 atom stereocenters. The van der Waals surface area contributed by atoms with E-state index in [1.54, 1.807) is 6.92 Å². The van der Waals surface area contributed by atoms with Gasteiger partial charge in [-0.25, -0.2) is 13.1 Å². The molecule has 2 rings (SSSR count). The number of benzene rings is 1. The van der Waals surface area contributed by atoms with E-state index in [0.717, 1.165) is 38.4 Å². The normalized spacial score (nSPS) is 16.8. The molecule has 0 radical (unpaired) electrons. The number of methoxy groups -OCH3 is 1. The maximum atomic E-state index is 12.4. The highest BCUT2D eigenvalue weighted by molar-refractivity contribution is 7.89. The van der Waals surface area contributed by atoms with E-state index in [1.165, 1.54) is 19.2 Å². The Hall–Kier alpha value is -1.71. The molecule has 24 heavy (non-hydrogen) atoms. The summed E-state index contributed by atoms with van der Waals surface area (Å²) in [6, 6.07) is 3.64. The summed E-state index contributed by atoms with van der Waals surface area (Å²) in [5.41, 5.74) is 0.294. The molecule has 1 aliphatic rings. The largest absolute Gasteiger partial charge is 0.383 e. The first kappa shape index (κ1) is 18.6. The second-order valence-electron chi connectivity index (χ2n) is 5.93. The summed E-state index contributed by atoms with van der Waals surface area (Å²) >= 11 is 0. The van der Waals surface area contributed by atoms with Gasteiger partial charge < -0.3 is 9.64 Å². The van der Waals surface area contributed by atoms with Crippen LogP contribution in [0.2, 0.25) is 0 Å². The van der Waals surface area contributed by atoms with Crippen molar-refractivity contribution >= 4 is 21.4 Å². The molecule has 1 aromatic carbocycles. The molecule has 1 saturated heterocycles. The van der Waals surface area contributed by atoms with Crippen molar-refractivity contribution in [3.63, 3.8) is 0 Å². The molecule has 0 aromatic heterocycles. The maximum absolute atomic E-state index is 12.4. The Morgan fingerprint density at radius 2 is 2.00 bits per heavy atom. The zero-order valence-electron chi connectivity index (χ0n) is 13.9. The molecule has 0 aliphatic carbocycles. The number of hydrogen-bond acceptors (Lipinski definition) is 6. The highest BCUT2D eigenvalue weighted by Crippen LogP contribution is 2.32. The molecule has 134 valence electrons. The lowest BCUT2D eigenvalue weighted by molar-refractivity contribution is -0.384. The van der Waals surface area contributed by atoms with Gasteiger partial charge in [0.25, 0.3) is 5.69 Å². The van der Waals surface area contributed by atoms with Crippen LogP contribution in [-0.4, -0.2) is 46.2 Å². The Balaban J connectivity index is 2.32. The predicted octanol–water partition coefficient (Wildman–Crippen LogP) is 1.90. The first-order valence-corrected chi connectivity index (χ1v) is 9.38. The van der Waals surface area contributed by atoms with Crippen LogP contribution in [0.15, 0.2) is 23.1 Å². The first-order valence-electron chi connectivity index (χ1n) is 7.90. The third-order valence-corrected chi connectivity index (χ3v) is 5.51. The van der Waals surface area contributed by atoms with E-state index >= 15 is 0 Å². The Bertz CT molecular complexity index is 686. The van der Waals surface area contributed by atoms with E-state index in [0.29, 0.717) is 5.69 Å². The van der Waals surface area contributed by atoms with Gasteiger partial charge in [0, 0.05) is 32.3 Å². The summed E-state index contributed by atoms with van der Waals surface area (Å²) in [6.45, 7) is 3.37. The number of sulfonamides is 1. The van der Waals surface area contributed by atoms with Crippen molar-refractivity contribution in [3.05, 3.63) is 28.3 Å². The molecule has 0 unspecified atom stereocenters. The zero-order chi connectivity index (χ0) is 17.7. The number of rotatable bonds is 7. The highest BCUT2D eigenvalue weighted by atomic mass is 32.2. The van der Waals surface area contributed by atoms with Gasteiger partial charge >= 0.3 is 0 Å². The van der Waals surface area contributed by atoms with Gasteiger partial charge in [-0.1, -0.05) is 0 Å². The molecule has 1 fully saturated rings. The number of nitro groups is 1. The van der Waals surface area contributed by atoms with Gasteiger partial charge in [0.15, 0.2) is 0 Å². The molecule has 0 amide bonds. The van der Waals surface area contributed by atoms with E-state index in [9.17, 15) is 18.5 Å². The van der Waals surface area contributed by atoms with Gasteiger partial charge in [-0.2, -0.15) is 0 Å². The molecule has 9 heteroatoms. The molecule has 8 nitrogen and oxygen atoms in total. The molecular formula is C15H23N3O5S. The monoisotopic (exact) mass is 357 g/mol. The molecule has 0 bridgehead atoms. The zero-order valence-corrected chi connectivity index (χ0v) is 14.7. The quantitative estimate of drug-likeness (QED) is 0.591. The lowest BCUT2D eigenvalue weighted by atomic mass is 10.1. The van der Waals surface area contributed by atoms with Crippen molar-refractivity contribution in [1.82, 2.24) is 4.72 Å². The fraction of sp³-hybridized carbons (Fsp3) is 0.600. The SMILES string of the molecule is COC[C@H](C)NS(=O)(=O)c1ccc(N2CCCCC2)c([N+](=O)[O-])c1. The van der Waals surface area contributed by atoms with Crippen LogP contribution in [0.1, 0.15) is 26.2 Å². The standard InChI is InChI=1S/C15H23N3O5S/c1-12(11-23-2)16-24(21,22)13-6-7-14(15(10-13)18(19)20)17-8-4-3-5-9-17/h6-7,10,12,16H,3-5,8-9,11H2,1-2H3/t12-/m0/s1. The van der Waals surface area contributed by atoms with Gasteiger partial charge in [-0.3, -0.25) is 10.1 Å². The number of ether oxygens (including phenoxy) is 1. The van der Waals surface area contributed by atoms with Crippen molar-refractivity contribution in [2.24, 2.45) is 0 Å². The maximum Gasteiger partial charge on any atom is 0.293 e. The second-order valence-corrected chi connectivity index (χ2v) is 7.65. The second kappa shape index (κ2) is 7.91. The van der Waals surface area contributed by atoms with E-state index in [1.807, 2.05) is 4.90 Å². The molecule has 1 N–H and O–H groups in total. The van der Waals surface area contributed by atoms with E-state index in [-0.39, 0.29) is 17.2 Å². The number of nitro benzene ring substituents is 1. The average molecular weight is 357 g/mol. The Kier molecular flexibility index (Phi) is 6.14. The molecular weight excluding hydrogens is 334 g/mol. The Labute approximate surface area is 142 Å². The first-order chi connectivity index (χ1) is 11.3.